The van der Waals surface area contributed by atoms with Gasteiger partial charge in [0.25, 0.3) is 0 Å². The number of halogens is 2. The SMILES string of the molecule is O.O.O.O.O.O.[Cl][Ni][Cl].[Ni]. The summed E-state index contributed by atoms with van der Waals surface area (Å²) in [5.74, 6) is 0. The van der Waals surface area contributed by atoms with Gasteiger partial charge in [-0.3, -0.25) is 0 Å². The third-order valence-electron chi connectivity index (χ3n) is 0. The molecular formula is H12Cl2Ni2O6. The predicted octanol–water partition coefficient (Wildman–Crippen LogP) is -3.57. The van der Waals surface area contributed by atoms with Crippen molar-refractivity contribution in [3.63, 3.8) is 0 Å². The van der Waals surface area contributed by atoms with Crippen LogP contribution in [0.15, 0.2) is 0 Å². The Morgan fingerprint density at radius 1 is 0.600 bits per heavy atom. The van der Waals surface area contributed by atoms with E-state index in [1.165, 1.54) is 0 Å². The van der Waals surface area contributed by atoms with E-state index in [2.05, 4.69) is 0 Å². The third-order valence-corrected chi connectivity index (χ3v) is 0. The molecule has 6 nitrogen and oxygen atoms in total. The standard InChI is InChI=1S/2ClH.2Ni.6H2O/h2*1H;;;6*1H2/q;;;+2;;;;;;/p-2. The molecule has 0 aromatic heterocycles. The summed E-state index contributed by atoms with van der Waals surface area (Å²) in [5, 5.41) is 0. The van der Waals surface area contributed by atoms with Crippen LogP contribution in [0.3, 0.4) is 0 Å². The Morgan fingerprint density at radius 3 is 0.600 bits per heavy atom. The van der Waals surface area contributed by atoms with E-state index in [1.54, 1.807) is 0 Å². The molecule has 0 aliphatic carbocycles. The van der Waals surface area contributed by atoms with E-state index in [0.29, 0.717) is 12.7 Å². The van der Waals surface area contributed by atoms with E-state index in [0.717, 1.165) is 0 Å². The molecule has 0 spiro atoms. The maximum Gasteiger partial charge on any atom is 0 e. The maximum atomic E-state index is 4.70. The molecule has 0 saturated carbocycles. The zero-order valence-electron chi connectivity index (χ0n) is 4.39. The molecule has 0 rings (SSSR count). The molecule has 0 saturated heterocycles. The minimum absolute atomic E-state index is 0. The summed E-state index contributed by atoms with van der Waals surface area (Å²) in [7, 11) is 9.40. The Hall–Kier alpha value is 1.33. The summed E-state index contributed by atoms with van der Waals surface area (Å²) >= 11 is 0.569. The van der Waals surface area contributed by atoms with Crippen molar-refractivity contribution >= 4 is 20.4 Å². The molecular weight excluding hydrogens is 284 g/mol. The summed E-state index contributed by atoms with van der Waals surface area (Å²) in [6.45, 7) is 0. The Morgan fingerprint density at radius 2 is 0.600 bits per heavy atom. The molecule has 0 atom stereocenters. The second kappa shape index (κ2) is 166. The summed E-state index contributed by atoms with van der Waals surface area (Å²) in [4.78, 5) is 0. The van der Waals surface area contributed by atoms with E-state index in [4.69, 9.17) is 20.4 Å². The van der Waals surface area contributed by atoms with Gasteiger partial charge in [-0.05, 0) is 0 Å². The fourth-order valence-corrected chi connectivity index (χ4v) is 0. The van der Waals surface area contributed by atoms with Crippen molar-refractivity contribution in [1.82, 2.24) is 0 Å². The van der Waals surface area contributed by atoms with Crippen LogP contribution in [0.5, 0.6) is 0 Å². The van der Waals surface area contributed by atoms with E-state index in [-0.39, 0.29) is 49.3 Å². The molecule has 0 amide bonds. The molecule has 0 unspecified atom stereocenters. The van der Waals surface area contributed by atoms with E-state index >= 15 is 0 Å². The second-order valence-corrected chi connectivity index (χ2v) is 1.68. The summed E-state index contributed by atoms with van der Waals surface area (Å²) < 4.78 is 0. The van der Waals surface area contributed by atoms with Crippen molar-refractivity contribution in [2.45, 2.75) is 0 Å². The van der Waals surface area contributed by atoms with Gasteiger partial charge in [0.2, 0.25) is 0 Å². The van der Waals surface area contributed by atoms with Gasteiger partial charge >= 0.3 is 33.0 Å². The average molecular weight is 296 g/mol. The Bertz CT molecular complexity index is 13.7. The Kier molecular flexibility index (Phi) is 1810. The molecule has 0 aliphatic heterocycles. The second-order valence-electron chi connectivity index (χ2n) is 0.0452. The van der Waals surface area contributed by atoms with Gasteiger partial charge in [-0.1, -0.05) is 0 Å². The first-order valence-corrected chi connectivity index (χ1v) is 2.96. The molecule has 10 heavy (non-hydrogen) atoms. The number of rotatable bonds is 0. The molecule has 0 aliphatic rings. The predicted molar refractivity (Wildman–Crippen MR) is 33.4 cm³/mol. The fourth-order valence-electron chi connectivity index (χ4n) is 0. The van der Waals surface area contributed by atoms with Crippen LogP contribution in [0.1, 0.15) is 0 Å². The van der Waals surface area contributed by atoms with Crippen molar-refractivity contribution in [3.05, 3.63) is 0 Å². The minimum Gasteiger partial charge on any atom is 0 e. The molecule has 0 radical (unpaired) electrons. The largest absolute Gasteiger partial charge is 0 e. The topological polar surface area (TPSA) is 189 Å². The van der Waals surface area contributed by atoms with Crippen LogP contribution in [-0.2, 0) is 29.1 Å². The molecule has 0 heterocycles. The molecule has 82 valence electrons. The van der Waals surface area contributed by atoms with Crippen LogP contribution < -0.4 is 0 Å². The zero-order chi connectivity index (χ0) is 2.71. The smallest absolute Gasteiger partial charge is 0 e. The summed E-state index contributed by atoms with van der Waals surface area (Å²) in [6.07, 6.45) is 0. The summed E-state index contributed by atoms with van der Waals surface area (Å²) in [5.41, 5.74) is 0. The fraction of sp³-hybridized carbons (Fsp3) is 0. The van der Waals surface area contributed by atoms with Crippen LogP contribution in [0, 0.1) is 0 Å². The van der Waals surface area contributed by atoms with E-state index < -0.39 is 0 Å². The van der Waals surface area contributed by atoms with Crippen LogP contribution in [-0.4, -0.2) is 32.9 Å². The molecule has 0 fully saturated rings. The maximum absolute atomic E-state index is 4.70. The number of hydrogen-bond acceptors (Lipinski definition) is 0. The van der Waals surface area contributed by atoms with Gasteiger partial charge in [0, 0.05) is 16.5 Å². The quantitative estimate of drug-likeness (QED) is 0.400. The Balaban J connectivity index is -0.000000000952. The first kappa shape index (κ1) is 109. The molecule has 0 aromatic carbocycles. The minimum atomic E-state index is 0. The first-order chi connectivity index (χ1) is 1.41. The number of hydrogen-bond donors (Lipinski definition) is 0. The van der Waals surface area contributed by atoms with Crippen LogP contribution in [0.4, 0.5) is 0 Å². The van der Waals surface area contributed by atoms with Crippen LogP contribution >= 0.6 is 20.4 Å². The molecule has 0 aromatic rings. The Labute approximate surface area is 82.4 Å². The van der Waals surface area contributed by atoms with Crippen LogP contribution in [0.2, 0.25) is 0 Å². The van der Waals surface area contributed by atoms with Crippen molar-refractivity contribution in [2.75, 3.05) is 0 Å². The van der Waals surface area contributed by atoms with Gasteiger partial charge in [-0.2, -0.15) is 0 Å². The normalized spacial score (nSPS) is 2.20. The summed E-state index contributed by atoms with van der Waals surface area (Å²) in [6, 6.07) is 0. The van der Waals surface area contributed by atoms with Crippen molar-refractivity contribution < 1.29 is 62.0 Å². The first-order valence-electron chi connectivity index (χ1n) is 0.239. The van der Waals surface area contributed by atoms with Gasteiger partial charge in [-0.25, -0.2) is 0 Å². The van der Waals surface area contributed by atoms with Gasteiger partial charge in [0.1, 0.15) is 0 Å². The van der Waals surface area contributed by atoms with Gasteiger partial charge in [-0.15, -0.1) is 0 Å². The van der Waals surface area contributed by atoms with E-state index in [1.807, 2.05) is 0 Å². The van der Waals surface area contributed by atoms with E-state index in [9.17, 15) is 0 Å². The zero-order valence-corrected chi connectivity index (χ0v) is 7.88. The van der Waals surface area contributed by atoms with Gasteiger partial charge in [0.15, 0.2) is 0 Å². The third kappa shape index (κ3) is 367. The van der Waals surface area contributed by atoms with Crippen molar-refractivity contribution in [2.24, 2.45) is 0 Å². The van der Waals surface area contributed by atoms with Crippen molar-refractivity contribution in [1.29, 1.82) is 0 Å². The molecule has 0 bridgehead atoms. The van der Waals surface area contributed by atoms with Crippen molar-refractivity contribution in [3.8, 4) is 0 Å². The molecule has 10 heteroatoms. The van der Waals surface area contributed by atoms with Gasteiger partial charge in [0.05, 0.1) is 0 Å². The molecule has 12 N–H and O–H groups in total. The van der Waals surface area contributed by atoms with Crippen LogP contribution in [0.25, 0.3) is 0 Å². The monoisotopic (exact) mass is 294 g/mol. The average Bonchev–Trinajstić information content (AvgIpc) is 0.918. The van der Waals surface area contributed by atoms with Gasteiger partial charge < -0.3 is 32.9 Å².